The van der Waals surface area contributed by atoms with Crippen LogP contribution < -0.4 is 11.1 Å². The molecule has 3 N–H and O–H groups in total. The van der Waals surface area contributed by atoms with Gasteiger partial charge in [-0.1, -0.05) is 29.4 Å². The van der Waals surface area contributed by atoms with Crippen LogP contribution >= 0.6 is 15.9 Å². The van der Waals surface area contributed by atoms with Crippen LogP contribution in [-0.2, 0) is 4.79 Å². The molecule has 1 fully saturated rings. The fraction of sp³-hybridized carbons (Fsp3) is 0.750. The minimum atomic E-state index is -0.338. The van der Waals surface area contributed by atoms with E-state index >= 15 is 0 Å². The van der Waals surface area contributed by atoms with Crippen molar-refractivity contribution >= 4 is 21.8 Å². The zero-order valence-corrected chi connectivity index (χ0v) is 11.5. The van der Waals surface area contributed by atoms with Crippen LogP contribution in [0.15, 0.2) is 11.1 Å². The lowest BCUT2D eigenvalue weighted by Gasteiger charge is -2.37. The molecule has 16 heavy (non-hydrogen) atoms. The maximum Gasteiger partial charge on any atom is 0.227 e. The largest absolute Gasteiger partial charge is 0.351 e. The number of halogens is 1. The predicted molar refractivity (Wildman–Crippen MR) is 70.2 cm³/mol. The first-order valence-corrected chi connectivity index (χ1v) is 6.61. The molecule has 0 unspecified atom stereocenters. The fourth-order valence-corrected chi connectivity index (χ4v) is 2.34. The van der Waals surface area contributed by atoms with E-state index in [0.717, 1.165) is 36.1 Å². The maximum atomic E-state index is 12.1. The molecule has 0 atom stereocenters. The van der Waals surface area contributed by atoms with E-state index in [-0.39, 0.29) is 11.3 Å². The Labute approximate surface area is 106 Å². The molecule has 3 nitrogen and oxygen atoms in total. The molecule has 0 aromatic heterocycles. The van der Waals surface area contributed by atoms with Gasteiger partial charge in [-0.15, -0.1) is 0 Å². The Morgan fingerprint density at radius 1 is 1.56 bits per heavy atom. The first kappa shape index (κ1) is 13.7. The molecule has 1 rings (SSSR count). The molecule has 0 aromatic carbocycles. The summed E-state index contributed by atoms with van der Waals surface area (Å²) in [5.41, 5.74) is 5.46. The molecule has 1 saturated carbocycles. The number of amides is 1. The molecule has 0 saturated heterocycles. The molecule has 0 radical (unpaired) electrons. The van der Waals surface area contributed by atoms with E-state index in [0.29, 0.717) is 13.1 Å². The van der Waals surface area contributed by atoms with Gasteiger partial charge in [-0.2, -0.15) is 0 Å². The molecule has 0 bridgehead atoms. The normalized spacial score (nSPS) is 29.8. The van der Waals surface area contributed by atoms with Crippen LogP contribution in [0.1, 0.15) is 32.6 Å². The Kier molecular flexibility index (Phi) is 4.99. The second kappa shape index (κ2) is 5.82. The van der Waals surface area contributed by atoms with Crippen molar-refractivity contribution in [3.63, 3.8) is 0 Å². The highest BCUT2D eigenvalue weighted by Gasteiger charge is 2.39. The van der Waals surface area contributed by atoms with Gasteiger partial charge in [0, 0.05) is 17.6 Å². The lowest BCUT2D eigenvalue weighted by molar-refractivity contribution is -0.132. The summed E-state index contributed by atoms with van der Waals surface area (Å²) in [5.74, 6) is 0.807. The van der Waals surface area contributed by atoms with Gasteiger partial charge in [0.15, 0.2) is 0 Å². The Bertz CT molecular complexity index is 270. The number of carbonyl (C=O) groups is 1. The zero-order chi connectivity index (χ0) is 12.2. The van der Waals surface area contributed by atoms with Crippen molar-refractivity contribution in [2.75, 3.05) is 13.1 Å². The first-order chi connectivity index (χ1) is 7.50. The fourth-order valence-electron chi connectivity index (χ4n) is 2.20. The van der Waals surface area contributed by atoms with E-state index in [9.17, 15) is 4.79 Å². The molecule has 0 heterocycles. The van der Waals surface area contributed by atoms with E-state index in [1.165, 1.54) is 0 Å². The molecule has 4 heteroatoms. The quantitative estimate of drug-likeness (QED) is 0.833. The van der Waals surface area contributed by atoms with Gasteiger partial charge in [-0.3, -0.25) is 4.79 Å². The van der Waals surface area contributed by atoms with Crippen LogP contribution in [0.5, 0.6) is 0 Å². The van der Waals surface area contributed by atoms with Crippen LogP contribution in [0.2, 0.25) is 0 Å². The van der Waals surface area contributed by atoms with E-state index < -0.39 is 0 Å². The van der Waals surface area contributed by atoms with Crippen molar-refractivity contribution in [1.29, 1.82) is 0 Å². The van der Waals surface area contributed by atoms with Gasteiger partial charge in [-0.05, 0) is 31.6 Å². The Balaban J connectivity index is 2.58. The summed E-state index contributed by atoms with van der Waals surface area (Å²) < 4.78 is 0.789. The molecule has 1 amide bonds. The lowest BCUT2D eigenvalue weighted by atomic mass is 9.70. The summed E-state index contributed by atoms with van der Waals surface area (Å²) in [6.07, 6.45) is 4.01. The van der Waals surface area contributed by atoms with E-state index in [2.05, 4.69) is 34.7 Å². The summed E-state index contributed by atoms with van der Waals surface area (Å²) in [7, 11) is 0. The summed E-state index contributed by atoms with van der Waals surface area (Å²) in [4.78, 5) is 12.1. The number of nitrogens with one attached hydrogen (secondary N) is 1. The third kappa shape index (κ3) is 3.32. The summed E-state index contributed by atoms with van der Waals surface area (Å²) in [6.45, 7) is 6.87. The SMILES string of the molecule is C=C(Br)CNC(=O)C1(CN)CCC(C)CC1. The zero-order valence-electron chi connectivity index (χ0n) is 9.89. The van der Waals surface area contributed by atoms with Gasteiger partial charge in [-0.25, -0.2) is 0 Å². The standard InChI is InChI=1S/C12H21BrN2O/c1-9-3-5-12(8-14,6-4-9)11(16)15-7-10(2)13/h9H,2-8,14H2,1H3,(H,15,16). The van der Waals surface area contributed by atoms with Gasteiger partial charge in [0.2, 0.25) is 5.91 Å². The van der Waals surface area contributed by atoms with Crippen molar-refractivity contribution in [1.82, 2.24) is 5.32 Å². The second-order valence-electron chi connectivity index (χ2n) is 4.87. The van der Waals surface area contributed by atoms with Gasteiger partial charge < -0.3 is 11.1 Å². The second-order valence-corrected chi connectivity index (χ2v) is 5.99. The summed E-state index contributed by atoms with van der Waals surface area (Å²) in [5, 5.41) is 2.89. The summed E-state index contributed by atoms with van der Waals surface area (Å²) >= 11 is 3.24. The number of rotatable bonds is 4. The molecule has 1 aliphatic carbocycles. The molecular formula is C12H21BrN2O. The average Bonchev–Trinajstić information content (AvgIpc) is 2.27. The topological polar surface area (TPSA) is 55.1 Å². The third-order valence-corrected chi connectivity index (χ3v) is 3.82. The third-order valence-electron chi connectivity index (χ3n) is 3.54. The molecular weight excluding hydrogens is 268 g/mol. The van der Waals surface area contributed by atoms with E-state index in [1.54, 1.807) is 0 Å². The summed E-state index contributed by atoms with van der Waals surface area (Å²) in [6, 6.07) is 0. The smallest absolute Gasteiger partial charge is 0.227 e. The average molecular weight is 289 g/mol. The minimum absolute atomic E-state index is 0.0856. The predicted octanol–water partition coefficient (Wildman–Crippen LogP) is 2.17. The van der Waals surface area contributed by atoms with Gasteiger partial charge >= 0.3 is 0 Å². The highest BCUT2D eigenvalue weighted by Crippen LogP contribution is 2.38. The van der Waals surface area contributed by atoms with Crippen LogP contribution in [0.3, 0.4) is 0 Å². The lowest BCUT2D eigenvalue weighted by Crippen LogP contribution is -2.48. The minimum Gasteiger partial charge on any atom is -0.351 e. The number of nitrogens with two attached hydrogens (primary N) is 1. The van der Waals surface area contributed by atoms with Crippen molar-refractivity contribution < 1.29 is 4.79 Å². The van der Waals surface area contributed by atoms with Crippen molar-refractivity contribution in [3.8, 4) is 0 Å². The van der Waals surface area contributed by atoms with Crippen molar-refractivity contribution in [2.45, 2.75) is 32.6 Å². The van der Waals surface area contributed by atoms with Gasteiger partial charge in [0.05, 0.1) is 5.41 Å². The molecule has 0 aliphatic heterocycles. The molecule has 1 aliphatic rings. The van der Waals surface area contributed by atoms with Crippen molar-refractivity contribution in [2.24, 2.45) is 17.1 Å². The number of hydrogen-bond donors (Lipinski definition) is 2. The van der Waals surface area contributed by atoms with Crippen LogP contribution in [-0.4, -0.2) is 19.0 Å². The highest BCUT2D eigenvalue weighted by molar-refractivity contribution is 9.11. The van der Waals surface area contributed by atoms with Crippen LogP contribution in [0, 0.1) is 11.3 Å². The number of hydrogen-bond acceptors (Lipinski definition) is 2. The Hall–Kier alpha value is -0.350. The van der Waals surface area contributed by atoms with Gasteiger partial charge in [0.1, 0.15) is 0 Å². The first-order valence-electron chi connectivity index (χ1n) is 5.82. The Morgan fingerprint density at radius 2 is 2.12 bits per heavy atom. The Morgan fingerprint density at radius 3 is 2.56 bits per heavy atom. The molecule has 92 valence electrons. The number of carbonyl (C=O) groups excluding carboxylic acids is 1. The van der Waals surface area contributed by atoms with Gasteiger partial charge in [0.25, 0.3) is 0 Å². The monoisotopic (exact) mass is 288 g/mol. The maximum absolute atomic E-state index is 12.1. The van der Waals surface area contributed by atoms with Crippen molar-refractivity contribution in [3.05, 3.63) is 11.1 Å². The van der Waals surface area contributed by atoms with Crippen LogP contribution in [0.4, 0.5) is 0 Å². The van der Waals surface area contributed by atoms with E-state index in [4.69, 9.17) is 5.73 Å². The highest BCUT2D eigenvalue weighted by atomic mass is 79.9. The molecule has 0 aromatic rings. The molecule has 0 spiro atoms. The van der Waals surface area contributed by atoms with E-state index in [1.807, 2.05) is 0 Å². The van der Waals surface area contributed by atoms with Crippen LogP contribution in [0.25, 0.3) is 0 Å².